The van der Waals surface area contributed by atoms with Gasteiger partial charge in [-0.1, -0.05) is 36.4 Å². The first-order valence-electron chi connectivity index (χ1n) is 10.0. The summed E-state index contributed by atoms with van der Waals surface area (Å²) >= 11 is 0. The van der Waals surface area contributed by atoms with Gasteiger partial charge in [0.25, 0.3) is 0 Å². The van der Waals surface area contributed by atoms with Crippen molar-refractivity contribution in [1.29, 1.82) is 0 Å². The maximum atomic E-state index is 6.35. The number of fused-ring (bicyclic) bond motifs is 4. The summed E-state index contributed by atoms with van der Waals surface area (Å²) in [5, 5.41) is 1.01. The molecule has 0 bridgehead atoms. The zero-order valence-electron chi connectivity index (χ0n) is 17.0. The van der Waals surface area contributed by atoms with Crippen LogP contribution in [0, 0.1) is 13.8 Å². The Morgan fingerprint density at radius 1 is 0.833 bits per heavy atom. The van der Waals surface area contributed by atoms with E-state index in [0.717, 1.165) is 56.1 Å². The molecule has 0 aliphatic rings. The monoisotopic (exact) mass is 392 g/mol. The molecule has 3 heterocycles. The van der Waals surface area contributed by atoms with Gasteiger partial charge in [0.2, 0.25) is 5.71 Å². The molecule has 0 spiro atoms. The smallest absolute Gasteiger partial charge is 0.227 e. The van der Waals surface area contributed by atoms with E-state index >= 15 is 0 Å². The highest BCUT2D eigenvalue weighted by Gasteiger charge is 2.21. The fraction of sp³-hybridized carbons (Fsp3) is 0.120. The van der Waals surface area contributed by atoms with E-state index in [-0.39, 0.29) is 0 Å². The number of nitrogens with zero attached hydrogens (tertiary/aromatic N) is 4. The van der Waals surface area contributed by atoms with Crippen LogP contribution in [0.5, 0.6) is 0 Å². The van der Waals surface area contributed by atoms with Crippen molar-refractivity contribution in [2.45, 2.75) is 13.8 Å². The van der Waals surface area contributed by atoms with Gasteiger partial charge in [-0.15, -0.1) is 0 Å². The van der Waals surface area contributed by atoms with Crippen LogP contribution in [-0.2, 0) is 7.05 Å². The van der Waals surface area contributed by atoms with Crippen LogP contribution in [0.1, 0.15) is 11.4 Å². The Balaban J connectivity index is 1.74. The van der Waals surface area contributed by atoms with E-state index < -0.39 is 0 Å². The molecule has 6 rings (SSSR count). The lowest BCUT2D eigenvalue weighted by molar-refractivity contribution is 0.626. The maximum Gasteiger partial charge on any atom is 0.227 e. The first kappa shape index (κ1) is 17.0. The van der Waals surface area contributed by atoms with Crippen molar-refractivity contribution in [2.75, 3.05) is 0 Å². The highest BCUT2D eigenvalue weighted by molar-refractivity contribution is 6.07. The van der Waals surface area contributed by atoms with Crippen molar-refractivity contribution in [2.24, 2.45) is 7.05 Å². The van der Waals surface area contributed by atoms with Crippen molar-refractivity contribution >= 4 is 33.2 Å². The Labute approximate surface area is 173 Å². The minimum Gasteiger partial charge on any atom is -0.437 e. The largest absolute Gasteiger partial charge is 0.437 e. The fourth-order valence-electron chi connectivity index (χ4n) is 4.25. The molecule has 146 valence electrons. The number of para-hydroxylation sites is 4. The Morgan fingerprint density at radius 3 is 2.50 bits per heavy atom. The van der Waals surface area contributed by atoms with Crippen LogP contribution in [0.2, 0.25) is 0 Å². The third-order valence-electron chi connectivity index (χ3n) is 5.89. The third-order valence-corrected chi connectivity index (χ3v) is 5.89. The predicted molar refractivity (Wildman–Crippen MR) is 120 cm³/mol. The predicted octanol–water partition coefficient (Wildman–Crippen LogP) is 5.94. The number of aryl methyl sites for hydroxylation is 3. The van der Waals surface area contributed by atoms with E-state index in [4.69, 9.17) is 14.4 Å². The highest BCUT2D eigenvalue weighted by atomic mass is 16.3. The Kier molecular flexibility index (Phi) is 3.45. The molecule has 0 fully saturated rings. The second kappa shape index (κ2) is 6.07. The second-order valence-corrected chi connectivity index (χ2v) is 7.70. The summed E-state index contributed by atoms with van der Waals surface area (Å²) in [5.74, 6) is 1.80. The minimum absolute atomic E-state index is 0.786. The van der Waals surface area contributed by atoms with Crippen molar-refractivity contribution in [1.82, 2.24) is 19.1 Å². The molecule has 0 amide bonds. The summed E-state index contributed by atoms with van der Waals surface area (Å²) in [5.41, 5.74) is 7.79. The van der Waals surface area contributed by atoms with E-state index in [1.807, 2.05) is 24.6 Å². The molecule has 0 radical (unpaired) electrons. The van der Waals surface area contributed by atoms with Crippen molar-refractivity contribution in [3.63, 3.8) is 0 Å². The van der Waals surface area contributed by atoms with Gasteiger partial charge in [0.15, 0.2) is 0 Å². The van der Waals surface area contributed by atoms with Crippen LogP contribution in [0.4, 0.5) is 0 Å². The van der Waals surface area contributed by atoms with Crippen LogP contribution in [0.3, 0.4) is 0 Å². The number of aromatic nitrogens is 4. The third kappa shape index (κ3) is 2.23. The summed E-state index contributed by atoms with van der Waals surface area (Å²) in [6.07, 6.45) is 0. The number of rotatable bonds is 2. The van der Waals surface area contributed by atoms with Gasteiger partial charge < -0.3 is 8.98 Å². The number of benzene rings is 3. The maximum absolute atomic E-state index is 6.35. The first-order chi connectivity index (χ1) is 14.6. The van der Waals surface area contributed by atoms with Gasteiger partial charge in [0, 0.05) is 12.4 Å². The molecule has 0 N–H and O–H groups in total. The topological polar surface area (TPSA) is 48.8 Å². The van der Waals surface area contributed by atoms with Crippen LogP contribution in [-0.4, -0.2) is 19.1 Å². The number of furan rings is 1. The average molecular weight is 392 g/mol. The molecular weight excluding hydrogens is 372 g/mol. The number of imidazole rings is 2. The minimum atomic E-state index is 0.786. The molecule has 30 heavy (non-hydrogen) atoms. The van der Waals surface area contributed by atoms with Gasteiger partial charge in [0.05, 0.1) is 22.3 Å². The molecule has 0 aliphatic carbocycles. The average Bonchev–Trinajstić information content (AvgIpc) is 3.40. The van der Waals surface area contributed by atoms with Gasteiger partial charge in [-0.25, -0.2) is 9.97 Å². The standard InChI is InChI=1S/C25H20N4O/c1-15-9-4-6-13-20(15)29-21-14-7-5-12-19(21)27-24(29)18-11-8-10-17-22-25(30-23(17)18)28(3)16(2)26-22/h4-14H,1-3H3. The van der Waals surface area contributed by atoms with Gasteiger partial charge in [-0.05, 0) is 49.7 Å². The molecule has 0 saturated heterocycles. The quantitative estimate of drug-likeness (QED) is 0.366. The molecule has 5 nitrogen and oxygen atoms in total. The highest BCUT2D eigenvalue weighted by Crippen LogP contribution is 2.37. The van der Waals surface area contributed by atoms with Crippen LogP contribution >= 0.6 is 0 Å². The van der Waals surface area contributed by atoms with Crippen LogP contribution in [0.15, 0.2) is 71.1 Å². The van der Waals surface area contributed by atoms with Crippen molar-refractivity contribution in [3.8, 4) is 17.1 Å². The van der Waals surface area contributed by atoms with Gasteiger partial charge in [0.1, 0.15) is 22.7 Å². The molecule has 3 aromatic heterocycles. The van der Waals surface area contributed by atoms with Gasteiger partial charge in [-0.2, -0.15) is 0 Å². The lowest BCUT2D eigenvalue weighted by atomic mass is 10.1. The van der Waals surface area contributed by atoms with E-state index in [1.54, 1.807) is 0 Å². The molecule has 0 atom stereocenters. The summed E-state index contributed by atoms with van der Waals surface area (Å²) < 4.78 is 10.6. The zero-order valence-corrected chi connectivity index (χ0v) is 17.0. The fourth-order valence-corrected chi connectivity index (χ4v) is 4.25. The summed E-state index contributed by atoms with van der Waals surface area (Å²) in [7, 11) is 1.98. The summed E-state index contributed by atoms with van der Waals surface area (Å²) in [4.78, 5) is 9.74. The Morgan fingerprint density at radius 2 is 1.63 bits per heavy atom. The lowest BCUT2D eigenvalue weighted by Gasteiger charge is -2.12. The van der Waals surface area contributed by atoms with Crippen LogP contribution < -0.4 is 0 Å². The van der Waals surface area contributed by atoms with E-state index in [2.05, 4.69) is 72.2 Å². The summed E-state index contributed by atoms with van der Waals surface area (Å²) in [6.45, 7) is 4.12. The number of hydrogen-bond acceptors (Lipinski definition) is 3. The van der Waals surface area contributed by atoms with Crippen molar-refractivity contribution < 1.29 is 4.42 Å². The summed E-state index contributed by atoms with van der Waals surface area (Å²) in [6, 6.07) is 22.8. The SMILES string of the molecule is Cc1ccccc1-n1c(-c2cccc3c2oc2c3nc(C)n2C)nc2ccccc21. The molecule has 6 aromatic rings. The molecule has 0 saturated carbocycles. The number of hydrogen-bond donors (Lipinski definition) is 0. The Hall–Kier alpha value is -3.86. The van der Waals surface area contributed by atoms with E-state index in [1.165, 1.54) is 5.56 Å². The van der Waals surface area contributed by atoms with Gasteiger partial charge >= 0.3 is 0 Å². The first-order valence-corrected chi connectivity index (χ1v) is 10.0. The molecular formula is C25H20N4O. The van der Waals surface area contributed by atoms with Crippen molar-refractivity contribution in [3.05, 3.63) is 78.1 Å². The van der Waals surface area contributed by atoms with Gasteiger partial charge in [-0.3, -0.25) is 4.57 Å². The second-order valence-electron chi connectivity index (χ2n) is 7.70. The Bertz CT molecular complexity index is 1580. The van der Waals surface area contributed by atoms with Crippen LogP contribution in [0.25, 0.3) is 50.3 Å². The van der Waals surface area contributed by atoms with E-state index in [9.17, 15) is 0 Å². The normalized spacial score (nSPS) is 11.8. The molecule has 3 aromatic carbocycles. The molecule has 0 aliphatic heterocycles. The molecule has 5 heteroatoms. The molecule has 0 unspecified atom stereocenters. The van der Waals surface area contributed by atoms with E-state index in [0.29, 0.717) is 0 Å². The lowest BCUT2D eigenvalue weighted by Crippen LogP contribution is -2.00. The zero-order chi connectivity index (χ0) is 20.4.